The lowest BCUT2D eigenvalue weighted by Gasteiger charge is -2.35. The average molecular weight is 379 g/mol. The van der Waals surface area contributed by atoms with Gasteiger partial charge in [-0.25, -0.2) is 8.78 Å². The molecule has 0 unspecified atom stereocenters. The summed E-state index contributed by atoms with van der Waals surface area (Å²) >= 11 is 5.83. The van der Waals surface area contributed by atoms with E-state index in [0.717, 1.165) is 6.07 Å². The van der Waals surface area contributed by atoms with Crippen LogP contribution in [0.3, 0.4) is 0 Å². The Bertz CT molecular complexity index is 836. The van der Waals surface area contributed by atoms with E-state index in [2.05, 4.69) is 0 Å². The minimum absolute atomic E-state index is 0.0243. The Balaban J connectivity index is 1.60. The van der Waals surface area contributed by atoms with E-state index in [9.17, 15) is 18.4 Å². The van der Waals surface area contributed by atoms with Gasteiger partial charge >= 0.3 is 0 Å². The van der Waals surface area contributed by atoms with Crippen LogP contribution in [0.2, 0.25) is 5.02 Å². The van der Waals surface area contributed by atoms with Gasteiger partial charge in [0.25, 0.3) is 5.91 Å². The Labute approximate surface area is 155 Å². The van der Waals surface area contributed by atoms with Gasteiger partial charge in [0.15, 0.2) is 0 Å². The normalized spacial score (nSPS) is 14.4. The van der Waals surface area contributed by atoms with Crippen molar-refractivity contribution in [1.29, 1.82) is 0 Å². The first kappa shape index (κ1) is 18.3. The van der Waals surface area contributed by atoms with Crippen molar-refractivity contribution >= 4 is 23.4 Å². The molecule has 26 heavy (non-hydrogen) atoms. The molecule has 0 aliphatic carbocycles. The zero-order chi connectivity index (χ0) is 18.7. The monoisotopic (exact) mass is 378 g/mol. The van der Waals surface area contributed by atoms with Crippen LogP contribution in [0.4, 0.5) is 8.78 Å². The molecular formula is C19H17ClF2N2O2. The van der Waals surface area contributed by atoms with Crippen molar-refractivity contribution in [2.45, 2.75) is 6.42 Å². The maximum absolute atomic E-state index is 13.9. The second kappa shape index (κ2) is 7.83. The van der Waals surface area contributed by atoms with Crippen molar-refractivity contribution in [3.63, 3.8) is 0 Å². The van der Waals surface area contributed by atoms with Gasteiger partial charge in [-0.3, -0.25) is 9.59 Å². The molecule has 7 heteroatoms. The smallest absolute Gasteiger partial charge is 0.257 e. The molecule has 1 saturated heterocycles. The lowest BCUT2D eigenvalue weighted by molar-refractivity contribution is -0.132. The number of carbonyl (C=O) groups is 2. The highest BCUT2D eigenvalue weighted by molar-refractivity contribution is 6.31. The molecule has 2 amide bonds. The summed E-state index contributed by atoms with van der Waals surface area (Å²) in [5, 5.41) is 0.286. The minimum atomic E-state index is -0.627. The Morgan fingerprint density at radius 2 is 1.58 bits per heavy atom. The van der Waals surface area contributed by atoms with E-state index >= 15 is 0 Å². The third-order valence-corrected chi connectivity index (χ3v) is 4.61. The van der Waals surface area contributed by atoms with Gasteiger partial charge in [0.1, 0.15) is 11.6 Å². The second-order valence-electron chi connectivity index (χ2n) is 6.07. The summed E-state index contributed by atoms with van der Waals surface area (Å²) in [7, 11) is 0. The number of rotatable bonds is 3. The number of hydrogen-bond acceptors (Lipinski definition) is 2. The third-order valence-electron chi connectivity index (χ3n) is 4.38. The fourth-order valence-electron chi connectivity index (χ4n) is 2.91. The SMILES string of the molecule is O=C(Cc1ccccc1F)N1CCN(C(=O)c2cc(Cl)ccc2F)CC1. The highest BCUT2D eigenvalue weighted by Gasteiger charge is 2.26. The first-order valence-electron chi connectivity index (χ1n) is 8.21. The van der Waals surface area contributed by atoms with Crippen LogP contribution in [-0.2, 0) is 11.2 Å². The Morgan fingerprint density at radius 1 is 0.923 bits per heavy atom. The van der Waals surface area contributed by atoms with Crippen LogP contribution < -0.4 is 0 Å². The topological polar surface area (TPSA) is 40.6 Å². The van der Waals surface area contributed by atoms with Crippen LogP contribution >= 0.6 is 11.6 Å². The zero-order valence-electron chi connectivity index (χ0n) is 13.9. The van der Waals surface area contributed by atoms with Crippen LogP contribution in [-0.4, -0.2) is 47.8 Å². The van der Waals surface area contributed by atoms with E-state index in [4.69, 9.17) is 11.6 Å². The predicted octanol–water partition coefficient (Wildman–Crippen LogP) is 3.15. The van der Waals surface area contributed by atoms with Crippen LogP contribution in [0.1, 0.15) is 15.9 Å². The van der Waals surface area contributed by atoms with E-state index in [1.807, 2.05) is 0 Å². The van der Waals surface area contributed by atoms with Gasteiger partial charge in [0.2, 0.25) is 5.91 Å². The predicted molar refractivity (Wildman–Crippen MR) is 94.0 cm³/mol. The molecule has 0 saturated carbocycles. The molecule has 1 aliphatic rings. The average Bonchev–Trinajstić information content (AvgIpc) is 2.65. The standard InChI is InChI=1S/C19H17ClF2N2O2/c20-14-5-6-17(22)15(12-14)19(26)24-9-7-23(8-10-24)18(25)11-13-3-1-2-4-16(13)21/h1-6,12H,7-11H2. The van der Waals surface area contributed by atoms with E-state index in [-0.39, 0.29) is 36.0 Å². The number of benzene rings is 2. The molecule has 0 bridgehead atoms. The summed E-state index contributed by atoms with van der Waals surface area (Å²) in [6, 6.07) is 9.99. The van der Waals surface area contributed by atoms with Crippen molar-refractivity contribution in [1.82, 2.24) is 9.80 Å². The van der Waals surface area contributed by atoms with Crippen LogP contribution in [0.25, 0.3) is 0 Å². The number of halogens is 3. The number of carbonyl (C=O) groups excluding carboxylic acids is 2. The zero-order valence-corrected chi connectivity index (χ0v) is 14.7. The van der Waals surface area contributed by atoms with Crippen molar-refractivity contribution < 1.29 is 18.4 Å². The first-order valence-corrected chi connectivity index (χ1v) is 8.59. The number of nitrogens with zero attached hydrogens (tertiary/aromatic N) is 2. The molecule has 0 N–H and O–H groups in total. The summed E-state index contributed by atoms with van der Waals surface area (Å²) in [6.07, 6.45) is -0.0243. The van der Waals surface area contributed by atoms with Gasteiger partial charge in [-0.05, 0) is 29.8 Å². The van der Waals surface area contributed by atoms with Crippen molar-refractivity contribution in [2.75, 3.05) is 26.2 Å². The van der Waals surface area contributed by atoms with Crippen molar-refractivity contribution in [3.8, 4) is 0 Å². The summed E-state index contributed by atoms with van der Waals surface area (Å²) in [5.41, 5.74) is 0.264. The molecule has 0 atom stereocenters. The molecule has 2 aromatic rings. The second-order valence-corrected chi connectivity index (χ2v) is 6.50. The van der Waals surface area contributed by atoms with Crippen LogP contribution in [0, 0.1) is 11.6 Å². The maximum atomic E-state index is 13.9. The number of amides is 2. The van der Waals surface area contributed by atoms with Gasteiger partial charge in [-0.15, -0.1) is 0 Å². The largest absolute Gasteiger partial charge is 0.339 e. The molecule has 136 valence electrons. The van der Waals surface area contributed by atoms with E-state index < -0.39 is 17.5 Å². The fraction of sp³-hybridized carbons (Fsp3) is 0.263. The molecule has 0 spiro atoms. The molecule has 1 heterocycles. The van der Waals surface area contributed by atoms with E-state index in [1.54, 1.807) is 23.1 Å². The molecule has 1 aliphatic heterocycles. The van der Waals surface area contributed by atoms with Gasteiger partial charge in [0, 0.05) is 31.2 Å². The fourth-order valence-corrected chi connectivity index (χ4v) is 3.08. The van der Waals surface area contributed by atoms with Crippen LogP contribution in [0.5, 0.6) is 0 Å². The quantitative estimate of drug-likeness (QED) is 0.823. The highest BCUT2D eigenvalue weighted by Crippen LogP contribution is 2.18. The summed E-state index contributed by atoms with van der Waals surface area (Å²) in [5.74, 6) is -1.69. The van der Waals surface area contributed by atoms with Gasteiger partial charge in [-0.1, -0.05) is 29.8 Å². The van der Waals surface area contributed by atoms with E-state index in [0.29, 0.717) is 18.7 Å². The van der Waals surface area contributed by atoms with Gasteiger partial charge < -0.3 is 9.80 Å². The summed E-state index contributed by atoms with van der Waals surface area (Å²) in [6.45, 7) is 1.21. The first-order chi connectivity index (χ1) is 12.5. The minimum Gasteiger partial charge on any atom is -0.339 e. The van der Waals surface area contributed by atoms with Crippen molar-refractivity contribution in [3.05, 3.63) is 70.2 Å². The highest BCUT2D eigenvalue weighted by atomic mass is 35.5. The molecule has 0 aromatic heterocycles. The summed E-state index contributed by atoms with van der Waals surface area (Å²) in [4.78, 5) is 27.9. The molecule has 4 nitrogen and oxygen atoms in total. The summed E-state index contributed by atoms with van der Waals surface area (Å²) < 4.78 is 27.5. The number of hydrogen-bond donors (Lipinski definition) is 0. The molecular weight excluding hydrogens is 362 g/mol. The molecule has 0 radical (unpaired) electrons. The Morgan fingerprint density at radius 3 is 2.27 bits per heavy atom. The lowest BCUT2D eigenvalue weighted by Crippen LogP contribution is -2.51. The molecule has 2 aromatic carbocycles. The van der Waals surface area contributed by atoms with Crippen LogP contribution in [0.15, 0.2) is 42.5 Å². The van der Waals surface area contributed by atoms with Gasteiger partial charge in [0.05, 0.1) is 12.0 Å². The lowest BCUT2D eigenvalue weighted by atomic mass is 10.1. The Hall–Kier alpha value is -2.47. The van der Waals surface area contributed by atoms with Crippen molar-refractivity contribution in [2.24, 2.45) is 0 Å². The Kier molecular flexibility index (Phi) is 5.52. The third kappa shape index (κ3) is 4.02. The number of piperazine rings is 1. The maximum Gasteiger partial charge on any atom is 0.257 e. The van der Waals surface area contributed by atoms with Gasteiger partial charge in [-0.2, -0.15) is 0 Å². The van der Waals surface area contributed by atoms with E-state index in [1.165, 1.54) is 23.1 Å². The molecule has 3 rings (SSSR count). The molecule has 1 fully saturated rings.